The van der Waals surface area contributed by atoms with Crippen molar-refractivity contribution in [3.63, 3.8) is 0 Å². The molecule has 0 radical (unpaired) electrons. The zero-order valence-electron chi connectivity index (χ0n) is 10.8. The van der Waals surface area contributed by atoms with E-state index in [0.717, 1.165) is 0 Å². The number of phenols is 1. The van der Waals surface area contributed by atoms with Crippen LogP contribution in [-0.4, -0.2) is 17.0 Å². The van der Waals surface area contributed by atoms with Gasteiger partial charge in [-0.25, -0.2) is 4.79 Å². The Morgan fingerprint density at radius 3 is 2.48 bits per heavy atom. The minimum Gasteiger partial charge on any atom is -0.508 e. The molecule has 0 saturated heterocycles. The first-order valence-corrected chi connectivity index (χ1v) is 6.25. The van der Waals surface area contributed by atoms with E-state index in [4.69, 9.17) is 27.5 Å². The second-order valence-corrected chi connectivity index (χ2v) is 4.59. The highest BCUT2D eigenvalue weighted by atomic mass is 35.5. The Morgan fingerprint density at radius 2 is 1.90 bits per heavy atom. The van der Waals surface area contributed by atoms with E-state index < -0.39 is 5.97 Å². The predicted octanol–water partition coefficient (Wildman–Crippen LogP) is 2.57. The lowest BCUT2D eigenvalue weighted by atomic mass is 10.2. The fourth-order valence-electron chi connectivity index (χ4n) is 1.62. The Bertz CT molecular complexity index is 666. The van der Waals surface area contributed by atoms with Gasteiger partial charge in [0.15, 0.2) is 5.96 Å². The van der Waals surface area contributed by atoms with Gasteiger partial charge in [0, 0.05) is 16.8 Å². The molecule has 7 heteroatoms. The van der Waals surface area contributed by atoms with Gasteiger partial charge in [-0.1, -0.05) is 11.6 Å². The first-order chi connectivity index (χ1) is 9.94. The van der Waals surface area contributed by atoms with Crippen LogP contribution in [0, 0.1) is 5.41 Å². The van der Waals surface area contributed by atoms with E-state index in [1.54, 1.807) is 12.1 Å². The number of halogens is 1. The molecular weight excluding hydrogens is 294 g/mol. The third-order valence-electron chi connectivity index (χ3n) is 2.47. The van der Waals surface area contributed by atoms with E-state index in [2.05, 4.69) is 5.32 Å². The van der Waals surface area contributed by atoms with Gasteiger partial charge in [0.05, 0.1) is 5.56 Å². The number of benzene rings is 2. The molecule has 0 aliphatic carbocycles. The third-order valence-corrected chi connectivity index (χ3v) is 2.68. The summed E-state index contributed by atoms with van der Waals surface area (Å²) in [4.78, 5) is 11.9. The van der Waals surface area contributed by atoms with Crippen molar-refractivity contribution in [3.05, 3.63) is 53.1 Å². The largest absolute Gasteiger partial charge is 0.508 e. The monoisotopic (exact) mass is 305 g/mol. The van der Waals surface area contributed by atoms with Crippen LogP contribution >= 0.6 is 11.6 Å². The molecule has 5 N–H and O–H groups in total. The number of hydrogen-bond acceptors (Lipinski definition) is 4. The molecule has 0 unspecified atom stereocenters. The van der Waals surface area contributed by atoms with Crippen LogP contribution in [0.15, 0.2) is 42.5 Å². The molecule has 6 nitrogen and oxygen atoms in total. The number of aromatic hydroxyl groups is 1. The fourth-order valence-corrected chi connectivity index (χ4v) is 1.84. The molecule has 0 saturated carbocycles. The Hall–Kier alpha value is -2.73. The van der Waals surface area contributed by atoms with E-state index in [9.17, 15) is 9.90 Å². The molecule has 0 heterocycles. The topological polar surface area (TPSA) is 108 Å². The summed E-state index contributed by atoms with van der Waals surface area (Å²) >= 11 is 5.76. The first-order valence-electron chi connectivity index (χ1n) is 5.87. The van der Waals surface area contributed by atoms with Crippen LogP contribution in [0.3, 0.4) is 0 Å². The van der Waals surface area contributed by atoms with Crippen LogP contribution < -0.4 is 15.8 Å². The molecule has 2 aromatic rings. The van der Waals surface area contributed by atoms with Crippen LogP contribution in [0.1, 0.15) is 10.4 Å². The van der Waals surface area contributed by atoms with Crippen molar-refractivity contribution in [2.24, 2.45) is 5.73 Å². The first kappa shape index (κ1) is 14.7. The second-order valence-electron chi connectivity index (χ2n) is 4.15. The molecule has 0 aliphatic rings. The van der Waals surface area contributed by atoms with Gasteiger partial charge in [-0.05, 0) is 36.4 Å². The zero-order chi connectivity index (χ0) is 15.4. The highest BCUT2D eigenvalue weighted by molar-refractivity contribution is 6.30. The van der Waals surface area contributed by atoms with E-state index in [-0.39, 0.29) is 22.5 Å². The summed E-state index contributed by atoms with van der Waals surface area (Å²) in [7, 11) is 0. The second kappa shape index (κ2) is 6.15. The lowest BCUT2D eigenvalue weighted by Gasteiger charge is -2.07. The number of esters is 1. The molecule has 0 bridgehead atoms. The number of rotatable bonds is 3. The Balaban J connectivity index is 2.11. The summed E-state index contributed by atoms with van der Waals surface area (Å²) < 4.78 is 5.11. The quantitative estimate of drug-likeness (QED) is 0.302. The lowest BCUT2D eigenvalue weighted by Crippen LogP contribution is -2.20. The smallest absolute Gasteiger partial charge is 0.343 e. The molecule has 0 spiro atoms. The number of nitrogens with two attached hydrogens (primary N) is 1. The number of guanidine groups is 1. The van der Waals surface area contributed by atoms with Crippen molar-refractivity contribution in [1.29, 1.82) is 5.41 Å². The average molecular weight is 306 g/mol. The van der Waals surface area contributed by atoms with Gasteiger partial charge in [0.1, 0.15) is 11.5 Å². The summed E-state index contributed by atoms with van der Waals surface area (Å²) in [5.74, 6) is -0.729. The molecule has 0 aromatic heterocycles. The van der Waals surface area contributed by atoms with Crippen molar-refractivity contribution >= 4 is 29.2 Å². The van der Waals surface area contributed by atoms with E-state index in [1.165, 1.54) is 30.3 Å². The summed E-state index contributed by atoms with van der Waals surface area (Å²) in [6, 6.07) is 10.3. The number of phenolic OH excluding ortho intramolecular Hbond substituents is 1. The van der Waals surface area contributed by atoms with Gasteiger partial charge in [-0.3, -0.25) is 5.41 Å². The number of carbonyl (C=O) groups excluding carboxylic acids is 1. The van der Waals surface area contributed by atoms with Crippen LogP contribution in [0.5, 0.6) is 11.5 Å². The van der Waals surface area contributed by atoms with Crippen molar-refractivity contribution < 1.29 is 14.6 Å². The van der Waals surface area contributed by atoms with E-state index in [1.807, 2.05) is 0 Å². The highest BCUT2D eigenvalue weighted by Gasteiger charge is 2.10. The minimum absolute atomic E-state index is 0.0914. The predicted molar refractivity (Wildman–Crippen MR) is 80.1 cm³/mol. The normalized spacial score (nSPS) is 9.95. The van der Waals surface area contributed by atoms with Crippen molar-refractivity contribution in [2.45, 2.75) is 0 Å². The minimum atomic E-state index is -0.592. The summed E-state index contributed by atoms with van der Waals surface area (Å²) in [6.07, 6.45) is 0. The van der Waals surface area contributed by atoms with Gasteiger partial charge in [0.2, 0.25) is 0 Å². The molecule has 0 atom stereocenters. The summed E-state index contributed by atoms with van der Waals surface area (Å²) in [6.45, 7) is 0. The number of ether oxygens (including phenoxy) is 1. The Kier molecular flexibility index (Phi) is 4.30. The lowest BCUT2D eigenvalue weighted by molar-refractivity contribution is 0.0734. The standard InChI is InChI=1S/C14H12ClN3O3/c15-9-5-11(19)7-12(6-9)21-13(20)8-1-3-10(4-2-8)18-14(16)17/h1-7,19H,(H4,16,17,18). The average Bonchev–Trinajstić information content (AvgIpc) is 2.37. The van der Waals surface area contributed by atoms with E-state index >= 15 is 0 Å². The van der Waals surface area contributed by atoms with Crippen LogP contribution in [0.4, 0.5) is 5.69 Å². The number of anilines is 1. The molecule has 0 fully saturated rings. The molecule has 108 valence electrons. The molecule has 0 aliphatic heterocycles. The maximum Gasteiger partial charge on any atom is 0.343 e. The number of carbonyl (C=O) groups is 1. The Labute approximate surface area is 125 Å². The molecule has 2 rings (SSSR count). The van der Waals surface area contributed by atoms with Crippen LogP contribution in [-0.2, 0) is 0 Å². The van der Waals surface area contributed by atoms with Gasteiger partial charge >= 0.3 is 5.97 Å². The van der Waals surface area contributed by atoms with Crippen LogP contribution in [0.2, 0.25) is 5.02 Å². The molecule has 21 heavy (non-hydrogen) atoms. The highest BCUT2D eigenvalue weighted by Crippen LogP contribution is 2.25. The third kappa shape index (κ3) is 4.12. The number of hydrogen-bond donors (Lipinski definition) is 4. The van der Waals surface area contributed by atoms with Gasteiger partial charge < -0.3 is 20.9 Å². The fraction of sp³-hybridized carbons (Fsp3) is 0. The maximum absolute atomic E-state index is 11.9. The van der Waals surface area contributed by atoms with Gasteiger partial charge in [0.25, 0.3) is 0 Å². The van der Waals surface area contributed by atoms with Crippen molar-refractivity contribution in [1.82, 2.24) is 0 Å². The molecular formula is C14H12ClN3O3. The van der Waals surface area contributed by atoms with Gasteiger partial charge in [-0.15, -0.1) is 0 Å². The Morgan fingerprint density at radius 1 is 1.24 bits per heavy atom. The van der Waals surface area contributed by atoms with Crippen molar-refractivity contribution in [2.75, 3.05) is 5.32 Å². The summed E-state index contributed by atoms with van der Waals surface area (Å²) in [5.41, 5.74) is 6.09. The van der Waals surface area contributed by atoms with E-state index in [0.29, 0.717) is 11.3 Å². The SMILES string of the molecule is N=C(N)Nc1ccc(C(=O)Oc2cc(O)cc(Cl)c2)cc1. The number of nitrogens with one attached hydrogen (secondary N) is 2. The zero-order valence-corrected chi connectivity index (χ0v) is 11.5. The van der Waals surface area contributed by atoms with Crippen LogP contribution in [0.25, 0.3) is 0 Å². The maximum atomic E-state index is 11.9. The molecule has 0 amide bonds. The molecule has 2 aromatic carbocycles. The summed E-state index contributed by atoms with van der Waals surface area (Å²) in [5, 5.41) is 19.3. The van der Waals surface area contributed by atoms with Crippen molar-refractivity contribution in [3.8, 4) is 11.5 Å². The van der Waals surface area contributed by atoms with Gasteiger partial charge in [-0.2, -0.15) is 0 Å².